The van der Waals surface area contributed by atoms with Crippen LogP contribution in [0.3, 0.4) is 0 Å². The van der Waals surface area contributed by atoms with Crippen molar-refractivity contribution in [2.75, 3.05) is 27.3 Å². The number of hydrazone groups is 1. The molecule has 0 aliphatic carbocycles. The minimum atomic E-state index is -0.386. The smallest absolute Gasteiger partial charge is 0.200 e. The van der Waals surface area contributed by atoms with Crippen molar-refractivity contribution in [2.45, 2.75) is 50.9 Å². The molecule has 0 aromatic heterocycles. The second kappa shape index (κ2) is 7.75. The predicted molar refractivity (Wildman–Crippen MR) is 121 cm³/mol. The first-order valence-corrected chi connectivity index (χ1v) is 11.2. The maximum Gasteiger partial charge on any atom is 0.200 e. The first-order valence-electron chi connectivity index (χ1n) is 11.2. The van der Waals surface area contributed by atoms with Gasteiger partial charge in [0.05, 0.1) is 26.0 Å². The third-order valence-electron chi connectivity index (χ3n) is 6.93. The molecule has 5 rings (SSSR count). The molecule has 6 nitrogen and oxygen atoms in total. The molecule has 1 saturated heterocycles. The third kappa shape index (κ3) is 3.33. The minimum Gasteiger partial charge on any atom is -0.493 e. The van der Waals surface area contributed by atoms with Crippen LogP contribution in [0.25, 0.3) is 0 Å². The van der Waals surface area contributed by atoms with E-state index in [4.69, 9.17) is 19.3 Å². The summed E-state index contributed by atoms with van der Waals surface area (Å²) in [4.78, 5) is 2.53. The first-order chi connectivity index (χ1) is 15.0. The highest BCUT2D eigenvalue weighted by Crippen LogP contribution is 2.50. The number of ether oxygens (including phenoxy) is 3. The summed E-state index contributed by atoms with van der Waals surface area (Å²) in [6, 6.07) is 15.2. The van der Waals surface area contributed by atoms with Crippen LogP contribution >= 0.6 is 0 Å². The lowest BCUT2D eigenvalue weighted by Gasteiger charge is -2.51. The number of rotatable bonds is 4. The SMILES string of the molecule is COc1ccc(C2=NN3C(C2)c2ccccc2OC32CCN(C(C)C)CC2)cc1OC. The summed E-state index contributed by atoms with van der Waals surface area (Å²) >= 11 is 0. The summed E-state index contributed by atoms with van der Waals surface area (Å²) in [6.45, 7) is 6.57. The second-order valence-corrected chi connectivity index (χ2v) is 8.90. The number of hydrogen-bond acceptors (Lipinski definition) is 6. The van der Waals surface area contributed by atoms with Crippen molar-refractivity contribution in [3.05, 3.63) is 53.6 Å². The topological polar surface area (TPSA) is 46.5 Å². The third-order valence-corrected chi connectivity index (χ3v) is 6.93. The Morgan fingerprint density at radius 3 is 2.48 bits per heavy atom. The van der Waals surface area contributed by atoms with Crippen molar-refractivity contribution < 1.29 is 14.2 Å². The molecule has 31 heavy (non-hydrogen) atoms. The van der Waals surface area contributed by atoms with Crippen LogP contribution < -0.4 is 14.2 Å². The van der Waals surface area contributed by atoms with Gasteiger partial charge < -0.3 is 19.1 Å². The van der Waals surface area contributed by atoms with Crippen LogP contribution in [0.4, 0.5) is 0 Å². The minimum absolute atomic E-state index is 0.193. The Bertz CT molecular complexity index is 995. The van der Waals surface area contributed by atoms with E-state index >= 15 is 0 Å². The highest BCUT2D eigenvalue weighted by molar-refractivity contribution is 6.02. The molecule has 2 aromatic carbocycles. The van der Waals surface area contributed by atoms with E-state index in [1.807, 2.05) is 12.1 Å². The lowest BCUT2D eigenvalue weighted by atomic mass is 9.90. The molecular formula is C25H31N3O3. The molecule has 1 fully saturated rings. The molecule has 3 aliphatic rings. The van der Waals surface area contributed by atoms with Gasteiger partial charge in [-0.3, -0.25) is 0 Å². The number of methoxy groups -OCH3 is 2. The predicted octanol–water partition coefficient (Wildman–Crippen LogP) is 4.45. The zero-order valence-electron chi connectivity index (χ0n) is 18.8. The average molecular weight is 422 g/mol. The van der Waals surface area contributed by atoms with E-state index in [1.54, 1.807) is 14.2 Å². The largest absolute Gasteiger partial charge is 0.493 e. The molecule has 0 saturated carbocycles. The monoisotopic (exact) mass is 421 g/mol. The van der Waals surface area contributed by atoms with E-state index in [0.29, 0.717) is 6.04 Å². The van der Waals surface area contributed by atoms with Crippen LogP contribution in [0.2, 0.25) is 0 Å². The zero-order valence-corrected chi connectivity index (χ0v) is 18.8. The molecule has 164 valence electrons. The Balaban J connectivity index is 1.52. The number of benzene rings is 2. The molecule has 6 heteroatoms. The molecule has 1 unspecified atom stereocenters. The highest BCUT2D eigenvalue weighted by atomic mass is 16.5. The molecule has 3 aliphatic heterocycles. The summed E-state index contributed by atoms with van der Waals surface area (Å²) in [6.07, 6.45) is 2.74. The Morgan fingerprint density at radius 2 is 1.77 bits per heavy atom. The number of piperidine rings is 1. The number of nitrogens with zero attached hydrogens (tertiary/aromatic N) is 3. The molecule has 0 radical (unpaired) electrons. The lowest BCUT2D eigenvalue weighted by molar-refractivity contribution is -0.152. The molecule has 1 spiro atoms. The normalized spacial score (nSPS) is 22.0. The zero-order chi connectivity index (χ0) is 21.6. The summed E-state index contributed by atoms with van der Waals surface area (Å²) in [5.41, 5.74) is 2.97. The van der Waals surface area contributed by atoms with Gasteiger partial charge in [-0.2, -0.15) is 5.10 Å². The Labute approximate surface area is 184 Å². The van der Waals surface area contributed by atoms with Gasteiger partial charge >= 0.3 is 0 Å². The maximum absolute atomic E-state index is 6.72. The van der Waals surface area contributed by atoms with Gasteiger partial charge in [0.2, 0.25) is 5.72 Å². The Hall–Kier alpha value is -2.73. The summed E-state index contributed by atoms with van der Waals surface area (Å²) < 4.78 is 17.7. The van der Waals surface area contributed by atoms with Crippen molar-refractivity contribution in [1.29, 1.82) is 0 Å². The number of hydrogen-bond donors (Lipinski definition) is 0. The second-order valence-electron chi connectivity index (χ2n) is 8.90. The Kier molecular flexibility index (Phi) is 5.05. The molecular weight excluding hydrogens is 390 g/mol. The van der Waals surface area contributed by atoms with Crippen LogP contribution in [-0.4, -0.2) is 54.7 Å². The van der Waals surface area contributed by atoms with E-state index in [9.17, 15) is 0 Å². The molecule has 0 N–H and O–H groups in total. The first kappa shape index (κ1) is 20.2. The van der Waals surface area contributed by atoms with Crippen LogP contribution in [0.5, 0.6) is 17.2 Å². The molecule has 0 amide bonds. The van der Waals surface area contributed by atoms with E-state index < -0.39 is 0 Å². The van der Waals surface area contributed by atoms with E-state index in [1.165, 1.54) is 5.56 Å². The van der Waals surface area contributed by atoms with Gasteiger partial charge in [0.25, 0.3) is 0 Å². The van der Waals surface area contributed by atoms with Gasteiger partial charge in [-0.1, -0.05) is 18.2 Å². The Morgan fingerprint density at radius 1 is 1.03 bits per heavy atom. The van der Waals surface area contributed by atoms with Crippen molar-refractivity contribution in [3.8, 4) is 17.2 Å². The molecule has 1 atom stereocenters. The van der Waals surface area contributed by atoms with Gasteiger partial charge in [-0.05, 0) is 38.1 Å². The van der Waals surface area contributed by atoms with Gasteiger partial charge in [0.15, 0.2) is 11.5 Å². The highest BCUT2D eigenvalue weighted by Gasteiger charge is 2.51. The van der Waals surface area contributed by atoms with Crippen LogP contribution in [0.1, 0.15) is 50.3 Å². The van der Waals surface area contributed by atoms with Gasteiger partial charge in [0, 0.05) is 49.5 Å². The fourth-order valence-corrected chi connectivity index (χ4v) is 5.14. The van der Waals surface area contributed by atoms with E-state index in [2.05, 4.69) is 54.1 Å². The van der Waals surface area contributed by atoms with Crippen molar-refractivity contribution in [1.82, 2.24) is 9.91 Å². The van der Waals surface area contributed by atoms with Crippen LogP contribution in [-0.2, 0) is 0 Å². The molecule has 0 bridgehead atoms. The van der Waals surface area contributed by atoms with Crippen LogP contribution in [0, 0.1) is 0 Å². The van der Waals surface area contributed by atoms with Gasteiger partial charge in [0.1, 0.15) is 5.75 Å². The standard InChI is InChI=1S/C25H31N3O3/c1-17(2)27-13-11-25(12-14-27)28-21(19-7-5-6-8-22(19)31-25)16-20(26-28)18-9-10-23(29-3)24(15-18)30-4/h5-10,15,17,21H,11-14,16H2,1-4H3. The average Bonchev–Trinajstić information content (AvgIpc) is 3.26. The summed E-state index contributed by atoms with van der Waals surface area (Å²) in [5, 5.41) is 7.43. The fourth-order valence-electron chi connectivity index (χ4n) is 5.14. The summed E-state index contributed by atoms with van der Waals surface area (Å²) in [5.74, 6) is 2.46. The maximum atomic E-state index is 6.72. The number of fused-ring (bicyclic) bond motifs is 4. The lowest BCUT2D eigenvalue weighted by Crippen LogP contribution is -2.59. The van der Waals surface area contributed by atoms with Crippen molar-refractivity contribution >= 4 is 5.71 Å². The van der Waals surface area contributed by atoms with Gasteiger partial charge in [-0.25, -0.2) is 5.01 Å². The summed E-state index contributed by atoms with van der Waals surface area (Å²) in [7, 11) is 3.33. The molecule has 2 aromatic rings. The van der Waals surface area contributed by atoms with Crippen molar-refractivity contribution in [2.24, 2.45) is 5.10 Å². The number of para-hydroxylation sites is 1. The van der Waals surface area contributed by atoms with E-state index in [0.717, 1.165) is 60.9 Å². The van der Waals surface area contributed by atoms with Gasteiger partial charge in [-0.15, -0.1) is 0 Å². The van der Waals surface area contributed by atoms with Crippen LogP contribution in [0.15, 0.2) is 47.6 Å². The van der Waals surface area contributed by atoms with Crippen molar-refractivity contribution in [3.63, 3.8) is 0 Å². The number of likely N-dealkylation sites (tertiary alicyclic amines) is 1. The fraction of sp³-hybridized carbons (Fsp3) is 0.480. The van der Waals surface area contributed by atoms with E-state index in [-0.39, 0.29) is 11.8 Å². The molecule has 3 heterocycles. The quantitative estimate of drug-likeness (QED) is 0.730.